The summed E-state index contributed by atoms with van der Waals surface area (Å²) >= 11 is 0. The van der Waals surface area contributed by atoms with Gasteiger partial charge < -0.3 is 9.72 Å². The first-order chi connectivity index (χ1) is 4.99. The fourth-order valence-electron chi connectivity index (χ4n) is 0.674. The van der Waals surface area contributed by atoms with Gasteiger partial charge in [0, 0.05) is 6.20 Å². The third-order valence-corrected chi connectivity index (χ3v) is 1.13. The largest absolute Gasteiger partial charge is 0.573 e. The highest BCUT2D eigenvalue weighted by Crippen LogP contribution is 2.24. The van der Waals surface area contributed by atoms with Crippen LogP contribution >= 0.6 is 0 Å². The van der Waals surface area contributed by atoms with Crippen LogP contribution in [0.1, 0.15) is 5.69 Å². The Labute approximate surface area is 61.0 Å². The van der Waals surface area contributed by atoms with Crippen molar-refractivity contribution in [3.63, 3.8) is 0 Å². The molecule has 1 aromatic heterocycles. The highest BCUT2D eigenvalue weighted by atomic mass is 19.4. The van der Waals surface area contributed by atoms with E-state index >= 15 is 0 Å². The van der Waals surface area contributed by atoms with E-state index in [4.69, 9.17) is 0 Å². The highest BCUT2D eigenvalue weighted by Gasteiger charge is 2.31. The van der Waals surface area contributed by atoms with Crippen LogP contribution in [0.5, 0.6) is 5.75 Å². The van der Waals surface area contributed by atoms with E-state index < -0.39 is 6.36 Å². The first kappa shape index (κ1) is 7.97. The lowest BCUT2D eigenvalue weighted by molar-refractivity contribution is -0.274. The molecule has 0 fully saturated rings. The molecule has 0 aliphatic heterocycles. The molecule has 62 valence electrons. The molecule has 0 unspecified atom stereocenters. The van der Waals surface area contributed by atoms with Crippen molar-refractivity contribution in [1.82, 2.24) is 4.98 Å². The summed E-state index contributed by atoms with van der Waals surface area (Å²) in [7, 11) is 0. The van der Waals surface area contributed by atoms with E-state index in [1.54, 1.807) is 0 Å². The molecule has 11 heavy (non-hydrogen) atoms. The molecular weight excluding hydrogens is 159 g/mol. The van der Waals surface area contributed by atoms with E-state index in [9.17, 15) is 13.2 Å². The summed E-state index contributed by atoms with van der Waals surface area (Å²) in [5, 5.41) is 0. The number of ether oxygens (including phenoxy) is 1. The summed E-state index contributed by atoms with van der Waals surface area (Å²) < 4.78 is 38.3. The summed E-state index contributed by atoms with van der Waals surface area (Å²) in [6.45, 7) is 1.50. The van der Waals surface area contributed by atoms with Crippen LogP contribution in [0.15, 0.2) is 12.3 Å². The van der Waals surface area contributed by atoms with Crippen molar-refractivity contribution in [2.45, 2.75) is 13.3 Å². The van der Waals surface area contributed by atoms with Crippen molar-refractivity contribution in [3.8, 4) is 5.75 Å². The molecule has 0 spiro atoms. The molecule has 0 atom stereocenters. The van der Waals surface area contributed by atoms with Crippen LogP contribution in [0, 0.1) is 6.92 Å². The molecule has 1 aromatic rings. The second kappa shape index (κ2) is 2.48. The van der Waals surface area contributed by atoms with Crippen LogP contribution in [0.3, 0.4) is 0 Å². The molecule has 0 amide bonds. The van der Waals surface area contributed by atoms with Gasteiger partial charge in [-0.3, -0.25) is 0 Å². The van der Waals surface area contributed by atoms with Crippen molar-refractivity contribution >= 4 is 0 Å². The number of alkyl halides is 3. The zero-order chi connectivity index (χ0) is 8.48. The van der Waals surface area contributed by atoms with E-state index in [2.05, 4.69) is 9.72 Å². The summed E-state index contributed by atoms with van der Waals surface area (Å²) in [6, 6.07) is 1.23. The maximum Gasteiger partial charge on any atom is 0.573 e. The first-order valence-electron chi connectivity index (χ1n) is 2.89. The van der Waals surface area contributed by atoms with Gasteiger partial charge in [-0.1, -0.05) is 0 Å². The minimum absolute atomic E-state index is 0.183. The van der Waals surface area contributed by atoms with Gasteiger partial charge in [0.1, 0.15) is 5.75 Å². The predicted molar refractivity (Wildman–Crippen MR) is 32.2 cm³/mol. The van der Waals surface area contributed by atoms with E-state index in [0.29, 0.717) is 5.69 Å². The molecule has 1 heterocycles. The molecule has 1 N–H and O–H groups in total. The Kier molecular flexibility index (Phi) is 1.80. The summed E-state index contributed by atoms with van der Waals surface area (Å²) in [5.74, 6) is -0.183. The van der Waals surface area contributed by atoms with Gasteiger partial charge in [0.25, 0.3) is 0 Å². The van der Waals surface area contributed by atoms with Crippen LogP contribution in [0.2, 0.25) is 0 Å². The number of rotatable bonds is 1. The first-order valence-corrected chi connectivity index (χ1v) is 2.89. The fraction of sp³-hybridized carbons (Fsp3) is 0.333. The van der Waals surface area contributed by atoms with Gasteiger partial charge in [-0.25, -0.2) is 0 Å². The smallest absolute Gasteiger partial charge is 0.404 e. The summed E-state index contributed by atoms with van der Waals surface area (Å²) in [6.07, 6.45) is -3.22. The number of H-pyrrole nitrogens is 1. The van der Waals surface area contributed by atoms with E-state index in [0.717, 1.165) is 0 Å². The molecule has 1 rings (SSSR count). The lowest BCUT2D eigenvalue weighted by atomic mass is 10.4. The molecule has 2 nitrogen and oxygen atoms in total. The minimum Gasteiger partial charge on any atom is -0.404 e. The average Bonchev–Trinajstić information content (AvgIpc) is 2.12. The second-order valence-corrected chi connectivity index (χ2v) is 2.01. The number of halogens is 3. The van der Waals surface area contributed by atoms with Crippen LogP contribution in [-0.2, 0) is 0 Å². The minimum atomic E-state index is -4.60. The Morgan fingerprint density at radius 3 is 2.45 bits per heavy atom. The Hall–Kier alpha value is -1.13. The normalized spacial score (nSPS) is 11.6. The SMILES string of the molecule is Cc1[nH]ccc1OC(F)(F)F. The van der Waals surface area contributed by atoms with E-state index in [1.807, 2.05) is 0 Å². The molecule has 5 heteroatoms. The van der Waals surface area contributed by atoms with Crippen molar-refractivity contribution < 1.29 is 17.9 Å². The monoisotopic (exact) mass is 165 g/mol. The van der Waals surface area contributed by atoms with E-state index in [-0.39, 0.29) is 5.75 Å². The molecule has 0 aliphatic carbocycles. The fourth-order valence-corrected chi connectivity index (χ4v) is 0.674. The van der Waals surface area contributed by atoms with Gasteiger partial charge in [0.05, 0.1) is 5.69 Å². The standard InChI is InChI=1S/C6H6F3NO/c1-4-5(2-3-10-4)11-6(7,8)9/h2-3,10H,1H3. The summed E-state index contributed by atoms with van der Waals surface area (Å²) in [4.78, 5) is 2.57. The number of aryl methyl sites for hydroxylation is 1. The van der Waals surface area contributed by atoms with Gasteiger partial charge in [-0.2, -0.15) is 0 Å². The number of aromatic amines is 1. The highest BCUT2D eigenvalue weighted by molar-refractivity contribution is 5.26. The Balaban J connectivity index is 2.72. The van der Waals surface area contributed by atoms with Gasteiger partial charge in [0.2, 0.25) is 0 Å². The molecule has 0 saturated heterocycles. The Morgan fingerprint density at radius 1 is 1.45 bits per heavy atom. The lowest BCUT2D eigenvalue weighted by Gasteiger charge is -2.06. The van der Waals surface area contributed by atoms with Gasteiger partial charge in [-0.05, 0) is 13.0 Å². The zero-order valence-electron chi connectivity index (χ0n) is 5.70. The molecular formula is C6H6F3NO. The van der Waals surface area contributed by atoms with Gasteiger partial charge in [0.15, 0.2) is 0 Å². The molecule has 0 aliphatic rings. The Bertz CT molecular complexity index is 240. The summed E-state index contributed by atoms with van der Waals surface area (Å²) in [5.41, 5.74) is 0.363. The van der Waals surface area contributed by atoms with Gasteiger partial charge >= 0.3 is 6.36 Å². The third-order valence-electron chi connectivity index (χ3n) is 1.13. The van der Waals surface area contributed by atoms with Crippen LogP contribution in [0.25, 0.3) is 0 Å². The molecule has 0 saturated carbocycles. The second-order valence-electron chi connectivity index (χ2n) is 2.01. The number of hydrogen-bond donors (Lipinski definition) is 1. The van der Waals surface area contributed by atoms with Crippen molar-refractivity contribution in [2.24, 2.45) is 0 Å². The average molecular weight is 165 g/mol. The molecule has 0 aromatic carbocycles. The van der Waals surface area contributed by atoms with Gasteiger partial charge in [-0.15, -0.1) is 13.2 Å². The third kappa shape index (κ3) is 2.18. The Morgan fingerprint density at radius 2 is 2.09 bits per heavy atom. The number of hydrogen-bond acceptors (Lipinski definition) is 1. The van der Waals surface area contributed by atoms with Crippen LogP contribution in [0.4, 0.5) is 13.2 Å². The van der Waals surface area contributed by atoms with Crippen LogP contribution in [-0.4, -0.2) is 11.3 Å². The van der Waals surface area contributed by atoms with Crippen molar-refractivity contribution in [3.05, 3.63) is 18.0 Å². The molecule has 0 bridgehead atoms. The quantitative estimate of drug-likeness (QED) is 0.678. The molecule has 0 radical (unpaired) electrons. The van der Waals surface area contributed by atoms with Crippen molar-refractivity contribution in [1.29, 1.82) is 0 Å². The lowest BCUT2D eigenvalue weighted by Crippen LogP contribution is -2.17. The van der Waals surface area contributed by atoms with Crippen LogP contribution < -0.4 is 4.74 Å². The topological polar surface area (TPSA) is 25.0 Å². The maximum atomic E-state index is 11.6. The van der Waals surface area contributed by atoms with Crippen molar-refractivity contribution in [2.75, 3.05) is 0 Å². The van der Waals surface area contributed by atoms with E-state index in [1.165, 1.54) is 19.2 Å². The number of nitrogens with one attached hydrogen (secondary N) is 1. The predicted octanol–water partition coefficient (Wildman–Crippen LogP) is 2.22. The maximum absolute atomic E-state index is 11.6. The zero-order valence-corrected chi connectivity index (χ0v) is 5.70. The number of aromatic nitrogens is 1.